The van der Waals surface area contributed by atoms with Gasteiger partial charge in [0.1, 0.15) is 0 Å². The van der Waals surface area contributed by atoms with Crippen molar-refractivity contribution in [2.45, 2.75) is 51.6 Å². The summed E-state index contributed by atoms with van der Waals surface area (Å²) in [6.07, 6.45) is 6.33. The summed E-state index contributed by atoms with van der Waals surface area (Å²) in [5.41, 5.74) is 10.1. The Morgan fingerprint density at radius 3 is 2.71 bits per heavy atom. The highest BCUT2D eigenvalue weighted by atomic mass is 16.2. The van der Waals surface area contributed by atoms with E-state index in [0.717, 1.165) is 11.3 Å². The summed E-state index contributed by atoms with van der Waals surface area (Å²) in [4.78, 5) is 13.4. The number of benzene rings is 1. The highest BCUT2D eigenvalue weighted by Gasteiger charge is 2.34. The molecule has 0 radical (unpaired) electrons. The number of nitrogens with zero attached hydrogens (tertiary/aromatic N) is 1. The average molecular weight is 287 g/mol. The van der Waals surface area contributed by atoms with E-state index in [4.69, 9.17) is 5.73 Å². The molecule has 3 rings (SSSR count). The molecule has 1 unspecified atom stereocenters. The molecule has 4 nitrogen and oxygen atoms in total. The normalized spacial score (nSPS) is 22.4. The van der Waals surface area contributed by atoms with Gasteiger partial charge in [-0.1, -0.05) is 38.3 Å². The van der Waals surface area contributed by atoms with Crippen LogP contribution < -0.4 is 11.1 Å². The molecule has 1 aromatic rings. The monoisotopic (exact) mass is 287 g/mol. The van der Waals surface area contributed by atoms with E-state index in [-0.39, 0.29) is 17.5 Å². The maximum atomic E-state index is 11.7. The molecule has 1 saturated carbocycles. The molecule has 2 aliphatic rings. The molecule has 4 heteroatoms. The average Bonchev–Trinajstić information content (AvgIpc) is 2.48. The Morgan fingerprint density at radius 1 is 1.29 bits per heavy atom. The van der Waals surface area contributed by atoms with Gasteiger partial charge >= 0.3 is 6.03 Å². The van der Waals surface area contributed by atoms with Crippen LogP contribution in [-0.4, -0.2) is 18.0 Å². The second kappa shape index (κ2) is 5.34. The van der Waals surface area contributed by atoms with Gasteiger partial charge in [-0.05, 0) is 35.4 Å². The molecule has 3 N–H and O–H groups in total. The largest absolute Gasteiger partial charge is 0.323 e. The number of nitrogens with two attached hydrogens (primary N) is 1. The molecular formula is C17H25N3O. The minimum absolute atomic E-state index is 0.0428. The van der Waals surface area contributed by atoms with E-state index >= 15 is 0 Å². The maximum absolute atomic E-state index is 11.7. The Morgan fingerprint density at radius 2 is 2.00 bits per heavy atom. The van der Waals surface area contributed by atoms with Crippen LogP contribution in [0.15, 0.2) is 18.2 Å². The Balaban J connectivity index is 1.86. The van der Waals surface area contributed by atoms with Crippen LogP contribution in [0.25, 0.3) is 0 Å². The number of nitrogens with one attached hydrogen (secondary N) is 1. The number of carbonyl (C=O) groups excluding carboxylic acids is 1. The molecule has 2 amide bonds. The lowest BCUT2D eigenvalue weighted by molar-refractivity contribution is 0.170. The van der Waals surface area contributed by atoms with E-state index in [1.165, 1.54) is 37.7 Å². The van der Waals surface area contributed by atoms with Crippen LogP contribution in [0.4, 0.5) is 10.5 Å². The lowest BCUT2D eigenvalue weighted by Gasteiger charge is -2.39. The van der Waals surface area contributed by atoms with Crippen LogP contribution in [0.1, 0.15) is 56.2 Å². The number of rotatable bonds is 2. The van der Waals surface area contributed by atoms with Crippen molar-refractivity contribution in [2.75, 3.05) is 12.4 Å². The fourth-order valence-electron chi connectivity index (χ4n) is 3.67. The molecule has 0 saturated heterocycles. The summed E-state index contributed by atoms with van der Waals surface area (Å²) < 4.78 is 0. The summed E-state index contributed by atoms with van der Waals surface area (Å²) >= 11 is 0. The number of hydrogen-bond acceptors (Lipinski definition) is 2. The molecule has 0 spiro atoms. The SMILES string of the molecule is CN1Cc2cc(C(N)C3(C)CCCCC3)ccc2NC1=O. The van der Waals surface area contributed by atoms with Gasteiger partial charge in [-0.25, -0.2) is 4.79 Å². The van der Waals surface area contributed by atoms with Crippen LogP contribution in [0.3, 0.4) is 0 Å². The standard InChI is InChI=1S/C17H25N3O/c1-17(8-4-3-5-9-17)15(18)12-6-7-14-13(10-12)11-20(2)16(21)19-14/h6-7,10,15H,3-5,8-9,11,18H2,1-2H3,(H,19,21). The quantitative estimate of drug-likeness (QED) is 0.872. The fourth-order valence-corrected chi connectivity index (χ4v) is 3.67. The first-order valence-electron chi connectivity index (χ1n) is 7.90. The number of carbonyl (C=O) groups is 1. The van der Waals surface area contributed by atoms with Gasteiger partial charge in [-0.2, -0.15) is 0 Å². The second-order valence-corrected chi connectivity index (χ2v) is 6.90. The van der Waals surface area contributed by atoms with E-state index in [2.05, 4.69) is 24.4 Å². The molecule has 1 aliphatic heterocycles. The molecule has 21 heavy (non-hydrogen) atoms. The van der Waals surface area contributed by atoms with Crippen LogP contribution >= 0.6 is 0 Å². The lowest BCUT2D eigenvalue weighted by atomic mass is 9.69. The summed E-state index contributed by atoms with van der Waals surface area (Å²) in [5.74, 6) is 0. The third kappa shape index (κ3) is 2.64. The number of amides is 2. The van der Waals surface area contributed by atoms with Crippen molar-refractivity contribution in [3.8, 4) is 0 Å². The third-order valence-electron chi connectivity index (χ3n) is 5.23. The maximum Gasteiger partial charge on any atom is 0.321 e. The van der Waals surface area contributed by atoms with Crippen LogP contribution in [0.5, 0.6) is 0 Å². The minimum Gasteiger partial charge on any atom is -0.323 e. The molecule has 0 bridgehead atoms. The molecule has 1 aromatic carbocycles. The van der Waals surface area contributed by atoms with Crippen LogP contribution in [0.2, 0.25) is 0 Å². The van der Waals surface area contributed by atoms with Gasteiger partial charge < -0.3 is 16.0 Å². The van der Waals surface area contributed by atoms with Crippen molar-refractivity contribution in [1.29, 1.82) is 0 Å². The predicted octanol–water partition coefficient (Wildman–Crippen LogP) is 3.63. The predicted molar refractivity (Wildman–Crippen MR) is 85.0 cm³/mol. The zero-order valence-corrected chi connectivity index (χ0v) is 13.0. The van der Waals surface area contributed by atoms with Crippen LogP contribution in [-0.2, 0) is 6.54 Å². The zero-order chi connectivity index (χ0) is 15.0. The van der Waals surface area contributed by atoms with Crippen molar-refractivity contribution < 1.29 is 4.79 Å². The summed E-state index contributed by atoms with van der Waals surface area (Å²) in [6, 6.07) is 6.29. The molecule has 114 valence electrons. The van der Waals surface area contributed by atoms with Crippen LogP contribution in [0, 0.1) is 5.41 Å². The van der Waals surface area contributed by atoms with Gasteiger partial charge in [0.15, 0.2) is 0 Å². The number of hydrogen-bond donors (Lipinski definition) is 2. The van der Waals surface area contributed by atoms with E-state index in [1.54, 1.807) is 4.90 Å². The van der Waals surface area contributed by atoms with Crippen molar-refractivity contribution in [2.24, 2.45) is 11.1 Å². The van der Waals surface area contributed by atoms with Gasteiger partial charge in [-0.3, -0.25) is 0 Å². The van der Waals surface area contributed by atoms with Gasteiger partial charge in [0.05, 0.1) is 0 Å². The van der Waals surface area contributed by atoms with E-state index < -0.39 is 0 Å². The minimum atomic E-state index is -0.0428. The first-order chi connectivity index (χ1) is 9.99. The molecular weight excluding hydrogens is 262 g/mol. The molecule has 1 atom stereocenters. The molecule has 0 aromatic heterocycles. The Kier molecular flexibility index (Phi) is 3.66. The molecule has 1 heterocycles. The van der Waals surface area contributed by atoms with Crippen molar-refractivity contribution in [3.63, 3.8) is 0 Å². The Hall–Kier alpha value is -1.55. The second-order valence-electron chi connectivity index (χ2n) is 6.90. The fraction of sp³-hybridized carbons (Fsp3) is 0.588. The molecule has 1 aliphatic carbocycles. The topological polar surface area (TPSA) is 58.4 Å². The van der Waals surface area contributed by atoms with Crippen molar-refractivity contribution >= 4 is 11.7 Å². The summed E-state index contributed by atoms with van der Waals surface area (Å²) in [5, 5.41) is 2.91. The van der Waals surface area contributed by atoms with E-state index in [1.807, 2.05) is 13.1 Å². The van der Waals surface area contributed by atoms with Crippen molar-refractivity contribution in [1.82, 2.24) is 4.90 Å². The van der Waals surface area contributed by atoms with E-state index in [0.29, 0.717) is 6.54 Å². The zero-order valence-electron chi connectivity index (χ0n) is 13.0. The first kappa shape index (κ1) is 14.4. The molecule has 1 fully saturated rings. The van der Waals surface area contributed by atoms with Gasteiger partial charge in [-0.15, -0.1) is 0 Å². The highest BCUT2D eigenvalue weighted by Crippen LogP contribution is 2.44. The van der Waals surface area contributed by atoms with E-state index in [9.17, 15) is 4.79 Å². The van der Waals surface area contributed by atoms with Gasteiger partial charge in [0, 0.05) is 25.3 Å². The lowest BCUT2D eigenvalue weighted by Crippen LogP contribution is -2.36. The summed E-state index contributed by atoms with van der Waals surface area (Å²) in [7, 11) is 1.81. The van der Waals surface area contributed by atoms with Gasteiger partial charge in [0.2, 0.25) is 0 Å². The highest BCUT2D eigenvalue weighted by molar-refractivity contribution is 5.92. The smallest absolute Gasteiger partial charge is 0.321 e. The number of fused-ring (bicyclic) bond motifs is 1. The third-order valence-corrected chi connectivity index (χ3v) is 5.23. The van der Waals surface area contributed by atoms with Crippen molar-refractivity contribution in [3.05, 3.63) is 29.3 Å². The first-order valence-corrected chi connectivity index (χ1v) is 7.90. The number of urea groups is 1. The summed E-state index contributed by atoms with van der Waals surface area (Å²) in [6.45, 7) is 2.97. The number of anilines is 1. The Bertz CT molecular complexity index is 549. The Labute approximate surface area is 126 Å². The van der Waals surface area contributed by atoms with Gasteiger partial charge in [0.25, 0.3) is 0 Å².